The van der Waals surface area contributed by atoms with Crippen molar-refractivity contribution in [3.8, 4) is 17.3 Å². The van der Waals surface area contributed by atoms with Crippen molar-refractivity contribution in [2.45, 2.75) is 19.4 Å². The van der Waals surface area contributed by atoms with Gasteiger partial charge in [-0.05, 0) is 13.5 Å². The van der Waals surface area contributed by atoms with Crippen LogP contribution in [0.5, 0.6) is 0 Å². The Kier molecular flexibility index (Phi) is 5.76. The number of aromatic nitrogens is 4. The van der Waals surface area contributed by atoms with Gasteiger partial charge < -0.3 is 14.7 Å². The summed E-state index contributed by atoms with van der Waals surface area (Å²) in [6.45, 7) is 4.94. The zero-order valence-electron chi connectivity index (χ0n) is 17.6. The number of imidazole rings is 1. The fourth-order valence-corrected chi connectivity index (χ4v) is 3.90. The van der Waals surface area contributed by atoms with Gasteiger partial charge in [-0.1, -0.05) is 37.3 Å². The van der Waals surface area contributed by atoms with Crippen molar-refractivity contribution in [1.29, 1.82) is 0 Å². The molecule has 0 bridgehead atoms. The van der Waals surface area contributed by atoms with Crippen molar-refractivity contribution in [3.63, 3.8) is 0 Å². The van der Waals surface area contributed by atoms with Crippen LogP contribution in [0.3, 0.4) is 0 Å². The summed E-state index contributed by atoms with van der Waals surface area (Å²) >= 11 is 0. The Morgan fingerprint density at radius 2 is 2.00 bits per heavy atom. The van der Waals surface area contributed by atoms with Gasteiger partial charge in [0.05, 0.1) is 6.20 Å². The van der Waals surface area contributed by atoms with E-state index in [0.29, 0.717) is 17.7 Å². The van der Waals surface area contributed by atoms with E-state index in [1.165, 1.54) is 4.90 Å². The molecule has 1 amide bonds. The molecule has 8 nitrogen and oxygen atoms in total. The Morgan fingerprint density at radius 3 is 2.73 bits per heavy atom. The molecule has 4 rings (SSSR count). The van der Waals surface area contributed by atoms with Crippen molar-refractivity contribution in [2.75, 3.05) is 43.5 Å². The van der Waals surface area contributed by atoms with E-state index in [1.54, 1.807) is 19.4 Å². The highest BCUT2D eigenvalue weighted by molar-refractivity contribution is 5.81. The van der Waals surface area contributed by atoms with Crippen LogP contribution in [0.25, 0.3) is 17.3 Å². The van der Waals surface area contributed by atoms with E-state index in [4.69, 9.17) is 4.98 Å². The van der Waals surface area contributed by atoms with Gasteiger partial charge in [0.1, 0.15) is 11.5 Å². The van der Waals surface area contributed by atoms with Crippen molar-refractivity contribution in [2.24, 2.45) is 0 Å². The lowest BCUT2D eigenvalue weighted by Gasteiger charge is -2.41. The van der Waals surface area contributed by atoms with E-state index in [9.17, 15) is 4.79 Å². The van der Waals surface area contributed by atoms with Crippen LogP contribution in [0.15, 0.2) is 48.9 Å². The minimum Gasteiger partial charge on any atom is -0.349 e. The number of anilines is 2. The predicted molar refractivity (Wildman–Crippen MR) is 118 cm³/mol. The summed E-state index contributed by atoms with van der Waals surface area (Å²) in [6.07, 6.45) is 7.14. The minimum absolute atomic E-state index is 0.321. The molecule has 3 heterocycles. The third-order valence-electron chi connectivity index (χ3n) is 5.59. The molecule has 8 heteroatoms. The first-order valence-corrected chi connectivity index (χ1v) is 10.2. The number of nitrogens with zero attached hydrogens (tertiary/aromatic N) is 7. The standard InChI is InChI=1S/C22H27N7O/c1-4-18-15-26(2)12-13-28(18)21-19(27(3)16-30)14-24-22(25-21)29-11-10-23-20(29)17-8-6-5-7-9-17/h5-11,14,16,18H,4,12-13,15H2,1-3H3. The summed E-state index contributed by atoms with van der Waals surface area (Å²) in [7, 11) is 3.87. The molecule has 30 heavy (non-hydrogen) atoms. The van der Waals surface area contributed by atoms with Crippen molar-refractivity contribution >= 4 is 17.9 Å². The van der Waals surface area contributed by atoms with Crippen LogP contribution < -0.4 is 9.80 Å². The third-order valence-corrected chi connectivity index (χ3v) is 5.59. The lowest BCUT2D eigenvalue weighted by atomic mass is 10.1. The Morgan fingerprint density at radius 1 is 1.20 bits per heavy atom. The molecule has 2 aromatic heterocycles. The quantitative estimate of drug-likeness (QED) is 0.587. The largest absolute Gasteiger partial charge is 0.349 e. The summed E-state index contributed by atoms with van der Waals surface area (Å²) in [4.78, 5) is 31.7. The third kappa shape index (κ3) is 3.78. The number of hydrogen-bond acceptors (Lipinski definition) is 6. The van der Waals surface area contributed by atoms with Gasteiger partial charge in [-0.2, -0.15) is 4.98 Å². The average molecular weight is 406 g/mol. The van der Waals surface area contributed by atoms with Crippen LogP contribution in [0.1, 0.15) is 13.3 Å². The number of piperazine rings is 1. The molecule has 0 radical (unpaired) electrons. The highest BCUT2D eigenvalue weighted by Gasteiger charge is 2.28. The SMILES string of the molecule is CCC1CN(C)CCN1c1nc(-n2ccnc2-c2ccccc2)ncc1N(C)C=O. The molecule has 1 atom stereocenters. The highest BCUT2D eigenvalue weighted by Crippen LogP contribution is 2.31. The fourth-order valence-electron chi connectivity index (χ4n) is 3.90. The van der Waals surface area contributed by atoms with E-state index >= 15 is 0 Å². The maximum atomic E-state index is 11.5. The Hall–Kier alpha value is -3.26. The monoisotopic (exact) mass is 405 g/mol. The highest BCUT2D eigenvalue weighted by atomic mass is 16.1. The average Bonchev–Trinajstić information content (AvgIpc) is 3.28. The molecule has 0 saturated carbocycles. The predicted octanol–water partition coefficient (Wildman–Crippen LogP) is 2.45. The summed E-state index contributed by atoms with van der Waals surface area (Å²) < 4.78 is 1.89. The lowest BCUT2D eigenvalue weighted by Crippen LogP contribution is -2.52. The fraction of sp³-hybridized carbons (Fsp3) is 0.364. The molecule has 1 saturated heterocycles. The second-order valence-corrected chi connectivity index (χ2v) is 7.60. The topological polar surface area (TPSA) is 70.4 Å². The molecule has 0 spiro atoms. The van der Waals surface area contributed by atoms with Crippen LogP contribution in [-0.4, -0.2) is 70.6 Å². The van der Waals surface area contributed by atoms with Gasteiger partial charge in [-0.15, -0.1) is 0 Å². The molecule has 1 aliphatic rings. The Labute approximate surface area is 176 Å². The molecule has 0 N–H and O–H groups in total. The molecule has 156 valence electrons. The van der Waals surface area contributed by atoms with Crippen LogP contribution in [0.4, 0.5) is 11.5 Å². The van der Waals surface area contributed by atoms with Gasteiger partial charge >= 0.3 is 0 Å². The number of benzene rings is 1. The first kappa shape index (κ1) is 20.0. The van der Waals surface area contributed by atoms with Crippen LogP contribution in [0, 0.1) is 0 Å². The number of carbonyl (C=O) groups is 1. The number of likely N-dealkylation sites (N-methyl/N-ethyl adjacent to an activating group) is 1. The molecular weight excluding hydrogens is 378 g/mol. The molecule has 3 aromatic rings. The maximum absolute atomic E-state index is 11.5. The number of amides is 1. The van der Waals surface area contributed by atoms with Crippen molar-refractivity contribution in [1.82, 2.24) is 24.4 Å². The van der Waals surface area contributed by atoms with Crippen LogP contribution in [-0.2, 0) is 4.79 Å². The van der Waals surface area contributed by atoms with Crippen LogP contribution in [0.2, 0.25) is 0 Å². The van der Waals surface area contributed by atoms with Gasteiger partial charge in [0.2, 0.25) is 12.4 Å². The van der Waals surface area contributed by atoms with Gasteiger partial charge in [-0.25, -0.2) is 9.97 Å². The normalized spacial score (nSPS) is 17.2. The van der Waals surface area contributed by atoms with E-state index < -0.39 is 0 Å². The zero-order chi connectivity index (χ0) is 21.1. The zero-order valence-corrected chi connectivity index (χ0v) is 17.6. The molecule has 0 aliphatic carbocycles. The lowest BCUT2D eigenvalue weighted by molar-refractivity contribution is -0.107. The van der Waals surface area contributed by atoms with Gasteiger partial charge in [0.25, 0.3) is 0 Å². The van der Waals surface area contributed by atoms with E-state index in [0.717, 1.165) is 49.7 Å². The molecule has 1 aliphatic heterocycles. The van der Waals surface area contributed by atoms with Gasteiger partial charge in [-0.3, -0.25) is 9.36 Å². The van der Waals surface area contributed by atoms with Crippen LogP contribution >= 0.6 is 0 Å². The summed E-state index contributed by atoms with van der Waals surface area (Å²) in [5.74, 6) is 2.10. The number of carbonyl (C=O) groups excluding carboxylic acids is 1. The van der Waals surface area contributed by atoms with E-state index in [1.807, 2.05) is 41.1 Å². The second-order valence-electron chi connectivity index (χ2n) is 7.60. The smallest absolute Gasteiger partial charge is 0.237 e. The van der Waals surface area contributed by atoms with Gasteiger partial charge in [0, 0.05) is 50.7 Å². The van der Waals surface area contributed by atoms with Crippen molar-refractivity contribution < 1.29 is 4.79 Å². The first-order chi connectivity index (χ1) is 14.6. The van der Waals surface area contributed by atoms with E-state index in [2.05, 4.69) is 33.7 Å². The van der Waals surface area contributed by atoms with Gasteiger partial charge in [0.15, 0.2) is 5.82 Å². The van der Waals surface area contributed by atoms with E-state index in [-0.39, 0.29) is 0 Å². The molecular formula is C22H27N7O. The number of rotatable bonds is 6. The maximum Gasteiger partial charge on any atom is 0.237 e. The summed E-state index contributed by atoms with van der Waals surface area (Å²) in [5, 5.41) is 0. The summed E-state index contributed by atoms with van der Waals surface area (Å²) in [5.41, 5.74) is 1.70. The van der Waals surface area contributed by atoms with Crippen molar-refractivity contribution in [3.05, 3.63) is 48.9 Å². The molecule has 1 fully saturated rings. The Balaban J connectivity index is 1.80. The number of hydrogen-bond donors (Lipinski definition) is 0. The molecule has 1 unspecified atom stereocenters. The summed E-state index contributed by atoms with van der Waals surface area (Å²) in [6, 6.07) is 10.3. The minimum atomic E-state index is 0.321. The Bertz CT molecular complexity index is 1000. The first-order valence-electron chi connectivity index (χ1n) is 10.2. The molecule has 1 aromatic carbocycles. The second kappa shape index (κ2) is 8.62.